The molecule has 1 N–H and O–H groups in total. The van der Waals surface area contributed by atoms with Gasteiger partial charge in [0.1, 0.15) is 0 Å². The van der Waals surface area contributed by atoms with Crippen LogP contribution in [-0.2, 0) is 4.79 Å². The molecule has 3 heteroatoms. The molecule has 0 aromatic heterocycles. The maximum atomic E-state index is 11.2. The van der Waals surface area contributed by atoms with Crippen LogP contribution in [0.15, 0.2) is 11.1 Å². The Labute approximate surface area is 118 Å². The maximum Gasteiger partial charge on any atom is 0.331 e. The van der Waals surface area contributed by atoms with E-state index in [4.69, 9.17) is 0 Å². The van der Waals surface area contributed by atoms with E-state index in [1.807, 2.05) is 14.1 Å². The number of nitrogens with zero attached hydrogens (tertiary/aromatic N) is 1. The summed E-state index contributed by atoms with van der Waals surface area (Å²) in [5.74, 6) is -0.783. The summed E-state index contributed by atoms with van der Waals surface area (Å²) in [6, 6.07) is 0.201. The quantitative estimate of drug-likeness (QED) is 0.480. The van der Waals surface area contributed by atoms with E-state index in [-0.39, 0.29) is 6.04 Å². The molecule has 0 rings (SSSR count). The first-order valence-corrected chi connectivity index (χ1v) is 7.51. The van der Waals surface area contributed by atoms with Gasteiger partial charge in [-0.25, -0.2) is 4.79 Å². The minimum absolute atomic E-state index is 0.201. The summed E-state index contributed by atoms with van der Waals surface area (Å²) in [5, 5.41) is 9.18. The smallest absolute Gasteiger partial charge is 0.331 e. The van der Waals surface area contributed by atoms with Crippen molar-refractivity contribution in [3.8, 4) is 0 Å². The lowest BCUT2D eigenvalue weighted by atomic mass is 9.95. The largest absolute Gasteiger partial charge is 0.478 e. The fourth-order valence-corrected chi connectivity index (χ4v) is 2.25. The Bertz CT molecular complexity index is 295. The Morgan fingerprint density at radius 3 is 2.11 bits per heavy atom. The molecule has 19 heavy (non-hydrogen) atoms. The minimum atomic E-state index is -0.783. The van der Waals surface area contributed by atoms with Crippen molar-refractivity contribution in [3.05, 3.63) is 11.1 Å². The normalized spacial score (nSPS) is 14.4. The van der Waals surface area contributed by atoms with Gasteiger partial charge in [0.2, 0.25) is 0 Å². The van der Waals surface area contributed by atoms with Crippen molar-refractivity contribution in [1.82, 2.24) is 4.90 Å². The number of unbranched alkanes of at least 4 members (excludes halogenated alkanes) is 5. The molecule has 0 aliphatic carbocycles. The van der Waals surface area contributed by atoms with Crippen molar-refractivity contribution in [2.75, 3.05) is 14.1 Å². The Kier molecular flexibility index (Phi) is 9.58. The second-order valence-electron chi connectivity index (χ2n) is 5.61. The summed E-state index contributed by atoms with van der Waals surface area (Å²) in [5.41, 5.74) is 1.60. The number of rotatable bonds is 10. The number of aliphatic carboxylic acids is 1. The third-order valence-electron chi connectivity index (χ3n) is 3.88. The lowest BCUT2D eigenvalue weighted by Crippen LogP contribution is -2.28. The summed E-state index contributed by atoms with van der Waals surface area (Å²) in [6.07, 6.45) is 8.36. The zero-order valence-corrected chi connectivity index (χ0v) is 13.3. The molecule has 112 valence electrons. The Morgan fingerprint density at radius 1 is 1.11 bits per heavy atom. The Balaban J connectivity index is 4.38. The predicted octanol–water partition coefficient (Wildman–Crippen LogP) is 4.09. The molecule has 0 aromatic rings. The topological polar surface area (TPSA) is 40.5 Å². The molecule has 0 radical (unpaired) electrons. The monoisotopic (exact) mass is 269 g/mol. The van der Waals surface area contributed by atoms with Crippen LogP contribution in [0.1, 0.15) is 65.7 Å². The van der Waals surface area contributed by atoms with Gasteiger partial charge in [-0.2, -0.15) is 0 Å². The van der Waals surface area contributed by atoms with Crippen molar-refractivity contribution >= 4 is 5.97 Å². The number of hydrogen-bond donors (Lipinski definition) is 1. The van der Waals surface area contributed by atoms with Gasteiger partial charge in [-0.05, 0) is 46.4 Å². The van der Waals surface area contributed by atoms with Gasteiger partial charge in [0.15, 0.2) is 0 Å². The molecule has 0 spiro atoms. The summed E-state index contributed by atoms with van der Waals surface area (Å²) < 4.78 is 0. The highest BCUT2D eigenvalue weighted by Gasteiger charge is 2.17. The number of likely N-dealkylation sites (N-methyl/N-ethyl adjacent to an activating group) is 1. The van der Waals surface area contributed by atoms with Gasteiger partial charge in [0.05, 0.1) is 0 Å². The standard InChI is InChI=1S/C16H31NO2/c1-6-7-8-9-10-11-12-15(13(2)16(18)19)14(3)17(4)5/h14H,6-12H2,1-5H3,(H,18,19)/b15-13-. The van der Waals surface area contributed by atoms with Gasteiger partial charge in [-0.3, -0.25) is 0 Å². The first kappa shape index (κ1) is 18.2. The van der Waals surface area contributed by atoms with Crippen LogP contribution in [0.2, 0.25) is 0 Å². The van der Waals surface area contributed by atoms with E-state index in [0.29, 0.717) is 5.57 Å². The third-order valence-corrected chi connectivity index (χ3v) is 3.88. The molecule has 1 unspecified atom stereocenters. The zero-order chi connectivity index (χ0) is 14.8. The Hall–Kier alpha value is -0.830. The molecule has 0 saturated carbocycles. The van der Waals surface area contributed by atoms with Gasteiger partial charge < -0.3 is 10.0 Å². The summed E-state index contributed by atoms with van der Waals surface area (Å²) in [4.78, 5) is 13.2. The third kappa shape index (κ3) is 7.36. The first-order valence-electron chi connectivity index (χ1n) is 7.51. The minimum Gasteiger partial charge on any atom is -0.478 e. The Morgan fingerprint density at radius 2 is 1.63 bits per heavy atom. The molecule has 0 aliphatic heterocycles. The molecule has 0 saturated heterocycles. The van der Waals surface area contributed by atoms with Gasteiger partial charge in [-0.1, -0.05) is 39.0 Å². The van der Waals surface area contributed by atoms with Gasteiger partial charge in [-0.15, -0.1) is 0 Å². The maximum absolute atomic E-state index is 11.2. The summed E-state index contributed by atoms with van der Waals surface area (Å²) in [6.45, 7) is 6.03. The fraction of sp³-hybridized carbons (Fsp3) is 0.812. The van der Waals surface area contributed by atoms with Crippen LogP contribution >= 0.6 is 0 Å². The molecule has 0 aliphatic rings. The highest BCUT2D eigenvalue weighted by atomic mass is 16.4. The van der Waals surface area contributed by atoms with E-state index < -0.39 is 5.97 Å². The van der Waals surface area contributed by atoms with Crippen LogP contribution in [0.4, 0.5) is 0 Å². The molecule has 0 amide bonds. The van der Waals surface area contributed by atoms with E-state index in [2.05, 4.69) is 18.7 Å². The zero-order valence-electron chi connectivity index (χ0n) is 13.3. The molecule has 0 aromatic carbocycles. The highest BCUT2D eigenvalue weighted by molar-refractivity contribution is 5.87. The van der Waals surface area contributed by atoms with Crippen molar-refractivity contribution in [3.63, 3.8) is 0 Å². The van der Waals surface area contributed by atoms with E-state index in [9.17, 15) is 9.90 Å². The first-order chi connectivity index (χ1) is 8.91. The molecular formula is C16H31NO2. The van der Waals surface area contributed by atoms with E-state index in [1.54, 1.807) is 6.92 Å². The van der Waals surface area contributed by atoms with Crippen LogP contribution in [0.3, 0.4) is 0 Å². The van der Waals surface area contributed by atoms with Crippen molar-refractivity contribution in [2.45, 2.75) is 71.8 Å². The van der Waals surface area contributed by atoms with E-state index >= 15 is 0 Å². The second kappa shape index (κ2) is 10.0. The predicted molar refractivity (Wildman–Crippen MR) is 81.5 cm³/mol. The van der Waals surface area contributed by atoms with E-state index in [0.717, 1.165) is 18.4 Å². The lowest BCUT2D eigenvalue weighted by Gasteiger charge is -2.24. The average molecular weight is 269 g/mol. The van der Waals surface area contributed by atoms with Gasteiger partial charge in [0.25, 0.3) is 0 Å². The molecule has 0 bridgehead atoms. The fourth-order valence-electron chi connectivity index (χ4n) is 2.25. The van der Waals surface area contributed by atoms with Crippen LogP contribution in [0, 0.1) is 0 Å². The summed E-state index contributed by atoms with van der Waals surface area (Å²) >= 11 is 0. The van der Waals surface area contributed by atoms with Crippen molar-refractivity contribution in [2.24, 2.45) is 0 Å². The second-order valence-corrected chi connectivity index (χ2v) is 5.61. The van der Waals surface area contributed by atoms with Crippen molar-refractivity contribution in [1.29, 1.82) is 0 Å². The highest BCUT2D eigenvalue weighted by Crippen LogP contribution is 2.21. The number of carboxylic acids is 1. The van der Waals surface area contributed by atoms with Crippen LogP contribution in [0.5, 0.6) is 0 Å². The van der Waals surface area contributed by atoms with Gasteiger partial charge >= 0.3 is 5.97 Å². The molecule has 1 atom stereocenters. The molecule has 3 nitrogen and oxygen atoms in total. The van der Waals surface area contributed by atoms with Crippen LogP contribution < -0.4 is 0 Å². The molecule has 0 heterocycles. The van der Waals surface area contributed by atoms with Crippen molar-refractivity contribution < 1.29 is 9.90 Å². The number of carbonyl (C=O) groups is 1. The van der Waals surface area contributed by atoms with Crippen LogP contribution in [0.25, 0.3) is 0 Å². The summed E-state index contributed by atoms with van der Waals surface area (Å²) in [7, 11) is 4.00. The molecule has 0 fully saturated rings. The molecular weight excluding hydrogens is 238 g/mol. The van der Waals surface area contributed by atoms with Gasteiger partial charge in [0, 0.05) is 11.6 Å². The average Bonchev–Trinajstić information content (AvgIpc) is 2.36. The van der Waals surface area contributed by atoms with Crippen LogP contribution in [-0.4, -0.2) is 36.1 Å². The SMILES string of the molecule is CCCCCCCC/C(=C(\C)C(=O)O)C(C)N(C)C. The van der Waals surface area contributed by atoms with E-state index in [1.165, 1.54) is 32.1 Å². The lowest BCUT2D eigenvalue weighted by molar-refractivity contribution is -0.132. The number of hydrogen-bond acceptors (Lipinski definition) is 2. The number of carboxylic acid groups (broad SMARTS) is 1.